The zero-order valence-electron chi connectivity index (χ0n) is 9.01. The van der Waals surface area contributed by atoms with Gasteiger partial charge in [0.2, 0.25) is 0 Å². The van der Waals surface area contributed by atoms with Crippen LogP contribution in [0.4, 0.5) is 0 Å². The van der Waals surface area contributed by atoms with Crippen LogP contribution in [-0.4, -0.2) is 16.1 Å². The zero-order valence-corrected chi connectivity index (χ0v) is 12.2. The van der Waals surface area contributed by atoms with E-state index in [9.17, 15) is 4.79 Å². The van der Waals surface area contributed by atoms with Gasteiger partial charge in [-0.05, 0) is 22.0 Å². The Labute approximate surface area is 115 Å². The number of aliphatic carboxylic acids is 1. The van der Waals surface area contributed by atoms with Crippen LogP contribution in [0.2, 0.25) is 0 Å². The average molecular weight is 332 g/mol. The number of thiophene rings is 1. The van der Waals surface area contributed by atoms with Gasteiger partial charge in [0.15, 0.2) is 0 Å². The molecule has 2 aromatic rings. The fraction of sp³-hybridized carbons (Fsp3) is 0.273. The largest absolute Gasteiger partial charge is 0.481 e. The van der Waals surface area contributed by atoms with Crippen LogP contribution in [0.1, 0.15) is 24.3 Å². The molecule has 0 aliphatic rings. The normalized spacial score (nSPS) is 12.6. The maximum Gasteiger partial charge on any atom is 0.304 e. The second-order valence-electron chi connectivity index (χ2n) is 3.70. The van der Waals surface area contributed by atoms with E-state index in [4.69, 9.17) is 5.11 Å². The van der Waals surface area contributed by atoms with Crippen molar-refractivity contribution in [1.82, 2.24) is 4.98 Å². The van der Waals surface area contributed by atoms with Gasteiger partial charge in [-0.2, -0.15) is 0 Å². The van der Waals surface area contributed by atoms with Crippen molar-refractivity contribution in [3.63, 3.8) is 0 Å². The molecule has 1 unspecified atom stereocenters. The first kappa shape index (κ1) is 12.7. The number of hydrogen-bond donors (Lipinski definition) is 1. The summed E-state index contributed by atoms with van der Waals surface area (Å²) in [5, 5.41) is 13.6. The van der Waals surface area contributed by atoms with Gasteiger partial charge in [0, 0.05) is 21.2 Å². The molecule has 2 heterocycles. The lowest BCUT2D eigenvalue weighted by Gasteiger charge is -2.02. The van der Waals surface area contributed by atoms with Crippen molar-refractivity contribution in [1.29, 1.82) is 0 Å². The fourth-order valence-corrected chi connectivity index (χ4v) is 3.77. The average Bonchev–Trinajstić information content (AvgIpc) is 2.84. The quantitative estimate of drug-likeness (QED) is 0.912. The molecule has 0 aliphatic carbocycles. The molecule has 3 nitrogen and oxygen atoms in total. The van der Waals surface area contributed by atoms with Crippen molar-refractivity contribution in [2.24, 2.45) is 0 Å². The molecule has 0 bridgehead atoms. The molecule has 90 valence electrons. The lowest BCUT2D eigenvalue weighted by molar-refractivity contribution is -0.137. The Bertz CT molecular complexity index is 535. The van der Waals surface area contributed by atoms with Gasteiger partial charge in [0.05, 0.1) is 22.0 Å². The molecule has 0 fully saturated rings. The zero-order chi connectivity index (χ0) is 12.4. The van der Waals surface area contributed by atoms with Gasteiger partial charge >= 0.3 is 5.97 Å². The summed E-state index contributed by atoms with van der Waals surface area (Å²) in [5.74, 6) is -0.817. The maximum atomic E-state index is 10.6. The number of hydrogen-bond acceptors (Lipinski definition) is 4. The molecule has 0 amide bonds. The molecule has 0 aliphatic heterocycles. The predicted octanol–water partition coefficient (Wildman–Crippen LogP) is 4.21. The number of carboxylic acids is 1. The Balaban J connectivity index is 2.18. The maximum absolute atomic E-state index is 10.6. The first-order valence-corrected chi connectivity index (χ1v) is 7.53. The van der Waals surface area contributed by atoms with Gasteiger partial charge in [0.25, 0.3) is 0 Å². The minimum absolute atomic E-state index is 0.0327. The van der Waals surface area contributed by atoms with Crippen LogP contribution >= 0.6 is 38.6 Å². The van der Waals surface area contributed by atoms with E-state index in [0.717, 1.165) is 20.1 Å². The first-order chi connectivity index (χ1) is 8.06. The third kappa shape index (κ3) is 3.14. The van der Waals surface area contributed by atoms with Crippen LogP contribution in [0.5, 0.6) is 0 Å². The number of halogens is 1. The molecule has 2 rings (SSSR count). The Morgan fingerprint density at radius 1 is 1.53 bits per heavy atom. The summed E-state index contributed by atoms with van der Waals surface area (Å²) >= 11 is 6.55. The Hall–Kier alpha value is -0.720. The number of nitrogens with zero attached hydrogens (tertiary/aromatic N) is 1. The summed E-state index contributed by atoms with van der Waals surface area (Å²) in [6, 6.07) is 2.02. The lowest BCUT2D eigenvalue weighted by atomic mass is 10.1. The topological polar surface area (TPSA) is 50.2 Å². The van der Waals surface area contributed by atoms with E-state index in [2.05, 4.69) is 20.9 Å². The Morgan fingerprint density at radius 2 is 2.29 bits per heavy atom. The number of carboxylic acid groups (broad SMARTS) is 1. The summed E-state index contributed by atoms with van der Waals surface area (Å²) in [5.41, 5.74) is 0.929. The van der Waals surface area contributed by atoms with E-state index in [-0.39, 0.29) is 12.3 Å². The second-order valence-corrected chi connectivity index (χ2v) is 6.42. The molecule has 6 heteroatoms. The highest BCUT2D eigenvalue weighted by Gasteiger charge is 2.15. The molecule has 0 saturated carbocycles. The van der Waals surface area contributed by atoms with Crippen LogP contribution < -0.4 is 0 Å². The van der Waals surface area contributed by atoms with Crippen molar-refractivity contribution in [3.8, 4) is 10.6 Å². The molecule has 17 heavy (non-hydrogen) atoms. The van der Waals surface area contributed by atoms with E-state index in [0.29, 0.717) is 0 Å². The smallest absolute Gasteiger partial charge is 0.304 e. The predicted molar refractivity (Wildman–Crippen MR) is 73.8 cm³/mol. The first-order valence-electron chi connectivity index (χ1n) is 4.98. The van der Waals surface area contributed by atoms with Crippen molar-refractivity contribution in [2.45, 2.75) is 19.3 Å². The molecule has 0 saturated heterocycles. The summed E-state index contributed by atoms with van der Waals surface area (Å²) < 4.78 is 1.05. The van der Waals surface area contributed by atoms with Gasteiger partial charge < -0.3 is 5.11 Å². The lowest BCUT2D eigenvalue weighted by Crippen LogP contribution is -2.02. The minimum Gasteiger partial charge on any atom is -0.481 e. The molecule has 1 N–H and O–H groups in total. The van der Waals surface area contributed by atoms with Crippen LogP contribution in [0.25, 0.3) is 10.6 Å². The van der Waals surface area contributed by atoms with Crippen LogP contribution in [0, 0.1) is 0 Å². The van der Waals surface area contributed by atoms with Gasteiger partial charge in [-0.1, -0.05) is 6.92 Å². The SMILES string of the molecule is CC(CC(=O)O)c1nc(-c2cc(Br)cs2)cs1. The molecule has 0 radical (unpaired) electrons. The second kappa shape index (κ2) is 5.29. The van der Waals surface area contributed by atoms with Crippen LogP contribution in [0.3, 0.4) is 0 Å². The van der Waals surface area contributed by atoms with Crippen LogP contribution in [-0.2, 0) is 4.79 Å². The van der Waals surface area contributed by atoms with E-state index >= 15 is 0 Å². The third-order valence-corrected chi connectivity index (χ3v) is 5.03. The van der Waals surface area contributed by atoms with Crippen molar-refractivity contribution in [3.05, 3.63) is 26.3 Å². The molecule has 2 aromatic heterocycles. The Kier molecular flexibility index (Phi) is 3.96. The standard InChI is InChI=1S/C11H10BrNO2S2/c1-6(2-10(14)15)11-13-8(5-17-11)9-3-7(12)4-16-9/h3-6H,2H2,1H3,(H,14,15). The molecular weight excluding hydrogens is 322 g/mol. The number of rotatable bonds is 4. The van der Waals surface area contributed by atoms with Gasteiger partial charge in [-0.3, -0.25) is 4.79 Å². The highest BCUT2D eigenvalue weighted by molar-refractivity contribution is 9.10. The monoisotopic (exact) mass is 331 g/mol. The highest BCUT2D eigenvalue weighted by Crippen LogP contribution is 2.33. The summed E-state index contributed by atoms with van der Waals surface area (Å²) in [7, 11) is 0. The Morgan fingerprint density at radius 3 is 2.88 bits per heavy atom. The fourth-order valence-electron chi connectivity index (χ4n) is 1.42. The van der Waals surface area contributed by atoms with Crippen molar-refractivity contribution in [2.75, 3.05) is 0 Å². The van der Waals surface area contributed by atoms with E-state index in [1.807, 2.05) is 23.8 Å². The van der Waals surface area contributed by atoms with Gasteiger partial charge in [-0.15, -0.1) is 22.7 Å². The minimum atomic E-state index is -0.784. The van der Waals surface area contributed by atoms with Crippen molar-refractivity contribution < 1.29 is 9.90 Å². The molecule has 1 atom stereocenters. The summed E-state index contributed by atoms with van der Waals surface area (Å²) in [6.07, 6.45) is 0.126. The van der Waals surface area contributed by atoms with Crippen molar-refractivity contribution >= 4 is 44.6 Å². The molecule has 0 spiro atoms. The molecule has 0 aromatic carbocycles. The summed E-state index contributed by atoms with van der Waals surface area (Å²) in [4.78, 5) is 16.2. The highest BCUT2D eigenvalue weighted by atomic mass is 79.9. The number of thiazole rings is 1. The van der Waals surface area contributed by atoms with E-state index < -0.39 is 5.97 Å². The van der Waals surface area contributed by atoms with E-state index in [1.165, 1.54) is 11.3 Å². The van der Waals surface area contributed by atoms with Gasteiger partial charge in [0.1, 0.15) is 0 Å². The third-order valence-electron chi connectivity index (χ3n) is 2.24. The number of aromatic nitrogens is 1. The molecular formula is C11H10BrNO2S2. The van der Waals surface area contributed by atoms with Gasteiger partial charge in [-0.25, -0.2) is 4.98 Å². The number of carbonyl (C=O) groups is 1. The summed E-state index contributed by atoms with van der Waals surface area (Å²) in [6.45, 7) is 1.89. The van der Waals surface area contributed by atoms with E-state index in [1.54, 1.807) is 11.3 Å². The van der Waals surface area contributed by atoms with Crippen LogP contribution in [0.15, 0.2) is 21.3 Å².